The van der Waals surface area contributed by atoms with E-state index in [1.54, 1.807) is 0 Å². The summed E-state index contributed by atoms with van der Waals surface area (Å²) >= 11 is 0. The van der Waals surface area contributed by atoms with Gasteiger partial charge in [-0.25, -0.2) is 0 Å². The Bertz CT molecular complexity index is 756. The normalized spacial score (nSPS) is 12.6. The Balaban J connectivity index is 1.99. The van der Waals surface area contributed by atoms with Gasteiger partial charge >= 0.3 is 0 Å². The van der Waals surface area contributed by atoms with Crippen LogP contribution in [-0.4, -0.2) is 16.1 Å². The van der Waals surface area contributed by atoms with E-state index >= 15 is 0 Å². The van der Waals surface area contributed by atoms with Crippen LogP contribution in [0.5, 0.6) is 0 Å². The topological polar surface area (TPSA) is 26.3 Å². The molecule has 1 aromatic carbocycles. The molecule has 0 aliphatic carbocycles. The Hall–Kier alpha value is -1.79. The van der Waals surface area contributed by atoms with Gasteiger partial charge < -0.3 is 8.83 Å². The molecule has 0 aliphatic heterocycles. The van der Waals surface area contributed by atoms with Crippen LogP contribution in [0.15, 0.2) is 58.2 Å². The minimum absolute atomic E-state index is 1.22. The molecule has 0 bridgehead atoms. The molecule has 0 saturated heterocycles. The fraction of sp³-hybridized carbons (Fsp3) is 0.300. The second-order valence-electron chi connectivity index (χ2n) is 8.48. The van der Waals surface area contributed by atoms with Crippen molar-refractivity contribution < 1.29 is 8.83 Å². The molecule has 126 valence electrons. The summed E-state index contributed by atoms with van der Waals surface area (Å²) in [5.41, 5.74) is 4.92. The minimum atomic E-state index is -1.41. The molecule has 0 atom stereocenters. The third kappa shape index (κ3) is 3.21. The molecule has 2 nitrogen and oxygen atoms in total. The lowest BCUT2D eigenvalue weighted by molar-refractivity contribution is 0.569. The third-order valence-electron chi connectivity index (χ3n) is 4.45. The number of hydrogen-bond acceptors (Lipinski definition) is 2. The summed E-state index contributed by atoms with van der Waals surface area (Å²) in [5, 5.41) is 2.75. The number of furan rings is 2. The molecule has 0 amide bonds. The van der Waals surface area contributed by atoms with Gasteiger partial charge in [0, 0.05) is 11.1 Å². The molecule has 0 fully saturated rings. The SMILES string of the molecule is C[Si](C)(C)c1cocc1-c1ccc(-c2cocc2[Si](C)(C)C)cc1. The quantitative estimate of drug-likeness (QED) is 0.595. The van der Waals surface area contributed by atoms with Crippen LogP contribution in [0.2, 0.25) is 39.3 Å². The zero-order valence-electron chi connectivity index (χ0n) is 15.4. The van der Waals surface area contributed by atoms with Crippen molar-refractivity contribution in [3.63, 3.8) is 0 Å². The van der Waals surface area contributed by atoms with Gasteiger partial charge in [0.25, 0.3) is 0 Å². The molecule has 4 heteroatoms. The van der Waals surface area contributed by atoms with Crippen LogP contribution in [0.3, 0.4) is 0 Å². The minimum Gasteiger partial charge on any atom is -0.472 e. The highest BCUT2D eigenvalue weighted by molar-refractivity contribution is 6.90. The monoisotopic (exact) mass is 354 g/mol. The van der Waals surface area contributed by atoms with Gasteiger partial charge in [-0.15, -0.1) is 0 Å². The summed E-state index contributed by atoms with van der Waals surface area (Å²) in [7, 11) is -2.82. The van der Waals surface area contributed by atoms with Gasteiger partial charge in [-0.3, -0.25) is 0 Å². The molecule has 0 radical (unpaired) electrons. The molecular weight excluding hydrogens is 328 g/mol. The van der Waals surface area contributed by atoms with Crippen LogP contribution < -0.4 is 10.4 Å². The second-order valence-corrected chi connectivity index (χ2v) is 18.6. The predicted molar refractivity (Wildman–Crippen MR) is 108 cm³/mol. The number of rotatable bonds is 4. The Morgan fingerprint density at radius 3 is 1.17 bits per heavy atom. The van der Waals surface area contributed by atoms with Crippen molar-refractivity contribution in [3.05, 3.63) is 49.3 Å². The average Bonchev–Trinajstić information content (AvgIpc) is 3.15. The van der Waals surface area contributed by atoms with Crippen LogP contribution in [0.4, 0.5) is 0 Å². The maximum absolute atomic E-state index is 5.52. The van der Waals surface area contributed by atoms with Crippen molar-refractivity contribution in [2.24, 2.45) is 0 Å². The van der Waals surface area contributed by atoms with Crippen LogP contribution in [0.25, 0.3) is 22.3 Å². The molecular formula is C20H26O2Si2. The van der Waals surface area contributed by atoms with E-state index in [-0.39, 0.29) is 0 Å². The van der Waals surface area contributed by atoms with Crippen molar-refractivity contribution in [2.75, 3.05) is 0 Å². The van der Waals surface area contributed by atoms with E-state index in [2.05, 4.69) is 63.5 Å². The van der Waals surface area contributed by atoms with Gasteiger partial charge in [0.15, 0.2) is 0 Å². The first kappa shape index (κ1) is 17.1. The molecule has 0 saturated carbocycles. The Morgan fingerprint density at radius 2 is 0.875 bits per heavy atom. The Kier molecular flexibility index (Phi) is 4.22. The zero-order valence-corrected chi connectivity index (χ0v) is 17.4. The Morgan fingerprint density at radius 1 is 0.542 bits per heavy atom. The highest BCUT2D eigenvalue weighted by atomic mass is 28.3. The summed E-state index contributed by atoms with van der Waals surface area (Å²) < 4.78 is 11.0. The summed E-state index contributed by atoms with van der Waals surface area (Å²) in [6.45, 7) is 14.1. The van der Waals surface area contributed by atoms with Gasteiger partial charge in [0.1, 0.15) is 0 Å². The summed E-state index contributed by atoms with van der Waals surface area (Å²) in [5.74, 6) is 0. The van der Waals surface area contributed by atoms with Crippen molar-refractivity contribution in [2.45, 2.75) is 39.3 Å². The fourth-order valence-electron chi connectivity index (χ4n) is 3.03. The van der Waals surface area contributed by atoms with E-state index in [9.17, 15) is 0 Å². The summed E-state index contributed by atoms with van der Waals surface area (Å²) in [6, 6.07) is 8.80. The van der Waals surface area contributed by atoms with Crippen LogP contribution in [0.1, 0.15) is 0 Å². The molecule has 0 aliphatic rings. The highest BCUT2D eigenvalue weighted by Crippen LogP contribution is 2.26. The van der Waals surface area contributed by atoms with Crippen molar-refractivity contribution in [3.8, 4) is 22.3 Å². The van der Waals surface area contributed by atoms with E-state index in [0.29, 0.717) is 0 Å². The van der Waals surface area contributed by atoms with E-state index < -0.39 is 16.1 Å². The predicted octanol–water partition coefficient (Wildman–Crippen LogP) is 5.30. The fourth-order valence-corrected chi connectivity index (χ4v) is 5.90. The van der Waals surface area contributed by atoms with Crippen molar-refractivity contribution >= 4 is 26.5 Å². The van der Waals surface area contributed by atoms with E-state index in [0.717, 1.165) is 0 Å². The lowest BCUT2D eigenvalue weighted by atomic mass is 10.0. The molecule has 3 rings (SSSR count). The molecule has 3 aromatic rings. The van der Waals surface area contributed by atoms with Crippen LogP contribution in [0, 0.1) is 0 Å². The van der Waals surface area contributed by atoms with E-state index in [1.807, 2.05) is 25.1 Å². The first-order chi connectivity index (χ1) is 11.2. The molecule has 2 aromatic heterocycles. The zero-order chi connectivity index (χ0) is 17.5. The molecule has 0 N–H and O–H groups in total. The lowest BCUT2D eigenvalue weighted by Crippen LogP contribution is -2.37. The van der Waals surface area contributed by atoms with Crippen molar-refractivity contribution in [1.82, 2.24) is 0 Å². The maximum atomic E-state index is 5.52. The van der Waals surface area contributed by atoms with Crippen LogP contribution in [-0.2, 0) is 0 Å². The van der Waals surface area contributed by atoms with Crippen LogP contribution >= 0.6 is 0 Å². The van der Waals surface area contributed by atoms with Gasteiger partial charge in [-0.05, 0) is 21.5 Å². The highest BCUT2D eigenvalue weighted by Gasteiger charge is 2.24. The smallest absolute Gasteiger partial charge is 0.0979 e. The van der Waals surface area contributed by atoms with Gasteiger partial charge in [0.05, 0.1) is 41.2 Å². The molecule has 2 heterocycles. The average molecular weight is 355 g/mol. The molecule has 24 heavy (non-hydrogen) atoms. The van der Waals surface area contributed by atoms with Crippen molar-refractivity contribution in [1.29, 1.82) is 0 Å². The standard InChI is InChI=1S/C20H26O2Si2/c1-23(2,3)19-13-21-11-17(19)15-7-9-16(10-8-15)18-12-22-14-20(18)24(4,5)6/h7-14H,1-6H3. The maximum Gasteiger partial charge on any atom is 0.0979 e. The molecule has 0 spiro atoms. The summed E-state index contributed by atoms with van der Waals surface area (Å²) in [4.78, 5) is 0. The summed E-state index contributed by atoms with van der Waals surface area (Å²) in [6.07, 6.45) is 7.62. The van der Waals surface area contributed by atoms with Gasteiger partial charge in [-0.1, -0.05) is 63.5 Å². The first-order valence-corrected chi connectivity index (χ1v) is 15.4. The Labute approximate surface area is 146 Å². The lowest BCUT2D eigenvalue weighted by Gasteiger charge is -2.17. The van der Waals surface area contributed by atoms with Gasteiger partial charge in [0.2, 0.25) is 0 Å². The number of benzene rings is 1. The molecule has 0 unspecified atom stereocenters. The van der Waals surface area contributed by atoms with E-state index in [4.69, 9.17) is 8.83 Å². The van der Waals surface area contributed by atoms with E-state index in [1.165, 1.54) is 32.6 Å². The number of hydrogen-bond donors (Lipinski definition) is 0. The third-order valence-corrected chi connectivity index (χ3v) is 8.45. The first-order valence-electron chi connectivity index (χ1n) is 8.42. The largest absolute Gasteiger partial charge is 0.472 e. The second kappa shape index (κ2) is 5.94. The van der Waals surface area contributed by atoms with Gasteiger partial charge in [-0.2, -0.15) is 0 Å².